The van der Waals surface area contributed by atoms with Crippen molar-refractivity contribution < 1.29 is 0 Å². The van der Waals surface area contributed by atoms with Gasteiger partial charge in [0.1, 0.15) is 0 Å². The minimum Gasteiger partial charge on any atom is -0.0900 e. The molecule has 0 bridgehead atoms. The van der Waals surface area contributed by atoms with E-state index in [-0.39, 0.29) is 0 Å². The molecule has 0 fully saturated rings. The molecule has 0 saturated carbocycles. The fourth-order valence-electron chi connectivity index (χ4n) is 3.49. The minimum atomic E-state index is -0.742. The molecule has 0 amide bonds. The SMILES string of the molecule is C=C(C(=C)P(c1ccccc1)c1ccccc1)P(c1ccccc1)c1ccccc1. The normalized spacial score (nSPS) is 10.9. The number of allylic oxidation sites excluding steroid dienone is 2. The molecule has 0 heterocycles. The van der Waals surface area contributed by atoms with Crippen LogP contribution >= 0.6 is 15.8 Å². The first-order valence-corrected chi connectivity index (χ1v) is 12.6. The van der Waals surface area contributed by atoms with Crippen molar-refractivity contribution >= 4 is 37.1 Å². The van der Waals surface area contributed by atoms with Crippen LogP contribution < -0.4 is 21.2 Å². The lowest BCUT2D eigenvalue weighted by Gasteiger charge is -2.28. The molecule has 146 valence electrons. The Bertz CT molecular complexity index is 932. The molecule has 0 spiro atoms. The second kappa shape index (κ2) is 9.82. The van der Waals surface area contributed by atoms with E-state index in [0.29, 0.717) is 0 Å². The lowest BCUT2D eigenvalue weighted by molar-refractivity contribution is 1.73. The zero-order valence-corrected chi connectivity index (χ0v) is 18.6. The topological polar surface area (TPSA) is 0 Å². The van der Waals surface area contributed by atoms with Crippen LogP contribution in [0.2, 0.25) is 0 Å². The molecule has 4 aromatic carbocycles. The van der Waals surface area contributed by atoms with Crippen LogP contribution in [-0.2, 0) is 0 Å². The van der Waals surface area contributed by atoms with Gasteiger partial charge in [-0.25, -0.2) is 0 Å². The summed E-state index contributed by atoms with van der Waals surface area (Å²) >= 11 is 0. The van der Waals surface area contributed by atoms with Crippen molar-refractivity contribution in [2.75, 3.05) is 0 Å². The highest BCUT2D eigenvalue weighted by atomic mass is 31.1. The van der Waals surface area contributed by atoms with Crippen molar-refractivity contribution in [3.8, 4) is 0 Å². The molecule has 2 heteroatoms. The smallest absolute Gasteiger partial charge is 0.0134 e. The molecule has 0 nitrogen and oxygen atoms in total. The first-order valence-electron chi connectivity index (χ1n) is 9.94. The average molecular weight is 422 g/mol. The second-order valence-electron chi connectivity index (χ2n) is 6.91. The summed E-state index contributed by atoms with van der Waals surface area (Å²) < 4.78 is 0. The second-order valence-corrected chi connectivity index (χ2v) is 11.4. The number of rotatable bonds is 7. The third-order valence-electron chi connectivity index (χ3n) is 4.93. The van der Waals surface area contributed by atoms with Crippen LogP contribution in [0.3, 0.4) is 0 Å². The zero-order valence-electron chi connectivity index (χ0n) is 16.9. The van der Waals surface area contributed by atoms with Gasteiger partial charge >= 0.3 is 0 Å². The molecular weight excluding hydrogens is 398 g/mol. The molecule has 0 radical (unpaired) electrons. The third-order valence-corrected chi connectivity index (χ3v) is 9.98. The largest absolute Gasteiger partial charge is 0.0900 e. The van der Waals surface area contributed by atoms with Crippen molar-refractivity contribution in [1.29, 1.82) is 0 Å². The van der Waals surface area contributed by atoms with Crippen molar-refractivity contribution in [3.05, 3.63) is 145 Å². The Morgan fingerprint density at radius 1 is 0.367 bits per heavy atom. The first kappa shape index (κ1) is 20.5. The van der Waals surface area contributed by atoms with Gasteiger partial charge in [-0.1, -0.05) is 134 Å². The summed E-state index contributed by atoms with van der Waals surface area (Å²) in [7, 11) is -1.48. The Kier molecular flexibility index (Phi) is 6.70. The molecule has 0 saturated heterocycles. The van der Waals surface area contributed by atoms with E-state index in [1.165, 1.54) is 21.2 Å². The maximum Gasteiger partial charge on any atom is -0.0134 e. The van der Waals surface area contributed by atoms with Crippen LogP contribution in [0.5, 0.6) is 0 Å². The van der Waals surface area contributed by atoms with E-state index in [9.17, 15) is 0 Å². The van der Waals surface area contributed by atoms with Crippen molar-refractivity contribution in [2.24, 2.45) is 0 Å². The van der Waals surface area contributed by atoms with E-state index in [1.54, 1.807) is 0 Å². The van der Waals surface area contributed by atoms with E-state index in [1.807, 2.05) is 0 Å². The summed E-state index contributed by atoms with van der Waals surface area (Å²) in [5, 5.41) is 7.51. The van der Waals surface area contributed by atoms with Crippen LogP contribution in [0.25, 0.3) is 0 Å². The predicted octanol–water partition coefficient (Wildman–Crippen LogP) is 6.28. The van der Waals surface area contributed by atoms with Gasteiger partial charge in [0.15, 0.2) is 0 Å². The van der Waals surface area contributed by atoms with Gasteiger partial charge in [0.2, 0.25) is 0 Å². The molecule has 0 unspecified atom stereocenters. The van der Waals surface area contributed by atoms with Crippen LogP contribution in [0.4, 0.5) is 0 Å². The standard InChI is InChI=1S/C28H24P2/c1-23(29(25-15-7-3-8-16-25)26-17-9-4-10-18-26)24(2)30(27-19-11-5-12-20-27)28-21-13-6-14-22-28/h3-22H,1-2H2. The summed E-state index contributed by atoms with van der Waals surface area (Å²) in [5.41, 5.74) is 0. The molecule has 0 atom stereocenters. The zero-order chi connectivity index (χ0) is 20.8. The van der Waals surface area contributed by atoms with E-state index < -0.39 is 15.8 Å². The molecule has 0 N–H and O–H groups in total. The van der Waals surface area contributed by atoms with Crippen molar-refractivity contribution in [2.45, 2.75) is 0 Å². The maximum absolute atomic E-state index is 4.63. The Labute approximate surface area is 182 Å². The van der Waals surface area contributed by atoms with Crippen LogP contribution in [0.15, 0.2) is 145 Å². The molecule has 0 aromatic heterocycles. The van der Waals surface area contributed by atoms with Gasteiger partial charge in [0, 0.05) is 0 Å². The fourth-order valence-corrected chi connectivity index (χ4v) is 8.33. The van der Waals surface area contributed by atoms with Gasteiger partial charge in [-0.2, -0.15) is 0 Å². The Morgan fingerprint density at radius 3 is 0.767 bits per heavy atom. The molecule has 30 heavy (non-hydrogen) atoms. The Balaban J connectivity index is 1.79. The lowest BCUT2D eigenvalue weighted by atomic mass is 10.4. The quantitative estimate of drug-likeness (QED) is 0.243. The monoisotopic (exact) mass is 422 g/mol. The van der Waals surface area contributed by atoms with E-state index >= 15 is 0 Å². The van der Waals surface area contributed by atoms with Gasteiger partial charge in [-0.05, 0) is 47.7 Å². The van der Waals surface area contributed by atoms with Crippen molar-refractivity contribution in [1.82, 2.24) is 0 Å². The fraction of sp³-hybridized carbons (Fsp3) is 0. The number of benzene rings is 4. The van der Waals surface area contributed by atoms with Gasteiger partial charge in [-0.15, -0.1) is 0 Å². The molecule has 4 aromatic rings. The summed E-state index contributed by atoms with van der Waals surface area (Å²) in [6.45, 7) is 9.25. The highest BCUT2D eigenvalue weighted by molar-refractivity contribution is 7.82. The molecule has 0 aliphatic carbocycles. The van der Waals surface area contributed by atoms with E-state index in [0.717, 1.165) is 10.6 Å². The van der Waals surface area contributed by atoms with Crippen molar-refractivity contribution in [3.63, 3.8) is 0 Å². The molecule has 0 aliphatic rings. The van der Waals surface area contributed by atoms with Gasteiger partial charge in [0.05, 0.1) is 0 Å². The van der Waals surface area contributed by atoms with E-state index in [4.69, 9.17) is 0 Å². The van der Waals surface area contributed by atoms with Gasteiger partial charge in [0.25, 0.3) is 0 Å². The summed E-state index contributed by atoms with van der Waals surface area (Å²) in [5.74, 6) is 0. The minimum absolute atomic E-state index is 0.742. The Morgan fingerprint density at radius 2 is 0.567 bits per heavy atom. The molecule has 0 aliphatic heterocycles. The average Bonchev–Trinajstić information content (AvgIpc) is 2.82. The lowest BCUT2D eigenvalue weighted by Crippen LogP contribution is -2.17. The van der Waals surface area contributed by atoms with E-state index in [2.05, 4.69) is 134 Å². The van der Waals surface area contributed by atoms with Crippen LogP contribution in [-0.4, -0.2) is 0 Å². The third kappa shape index (κ3) is 4.52. The summed E-state index contributed by atoms with van der Waals surface area (Å²) in [6.07, 6.45) is 0. The van der Waals surface area contributed by atoms with Crippen LogP contribution in [0, 0.1) is 0 Å². The highest BCUT2D eigenvalue weighted by Crippen LogP contribution is 2.55. The number of hydrogen-bond donors (Lipinski definition) is 0. The van der Waals surface area contributed by atoms with Gasteiger partial charge in [-0.3, -0.25) is 0 Å². The van der Waals surface area contributed by atoms with Crippen LogP contribution in [0.1, 0.15) is 0 Å². The summed E-state index contributed by atoms with van der Waals surface area (Å²) in [4.78, 5) is 0. The first-order chi connectivity index (χ1) is 14.8. The van der Waals surface area contributed by atoms with Gasteiger partial charge < -0.3 is 0 Å². The predicted molar refractivity (Wildman–Crippen MR) is 136 cm³/mol. The molecule has 4 rings (SSSR count). The number of hydrogen-bond acceptors (Lipinski definition) is 0. The highest BCUT2D eigenvalue weighted by Gasteiger charge is 2.25. The molecular formula is C28H24P2. The maximum atomic E-state index is 4.63. The Hall–Kier alpha value is -2.78. The summed E-state index contributed by atoms with van der Waals surface area (Å²) in [6, 6.07) is 42.9.